The number of fused-ring (bicyclic) bond motifs is 1. The Bertz CT molecular complexity index is 2050. The molecule has 11 heteroatoms. The van der Waals surface area contributed by atoms with Gasteiger partial charge in [0.2, 0.25) is 0 Å². The molecule has 1 aliphatic heterocycles. The highest BCUT2D eigenvalue weighted by molar-refractivity contribution is 7.90. The fraction of sp³-hybridized carbons (Fsp3) is 0.422. The molecule has 0 bridgehead atoms. The summed E-state index contributed by atoms with van der Waals surface area (Å²) >= 11 is 0. The number of aliphatic hydroxyl groups is 1. The molecule has 1 fully saturated rings. The highest BCUT2D eigenvalue weighted by atomic mass is 32.2. The Hall–Kier alpha value is -3.65. The third-order valence-electron chi connectivity index (χ3n) is 11.1. The van der Waals surface area contributed by atoms with Gasteiger partial charge in [0.15, 0.2) is 14.6 Å². The van der Waals surface area contributed by atoms with Crippen molar-refractivity contribution in [3.63, 3.8) is 0 Å². The predicted octanol–water partition coefficient (Wildman–Crippen LogP) is 8.89. The van der Waals surface area contributed by atoms with Crippen molar-refractivity contribution >= 4 is 29.2 Å². The van der Waals surface area contributed by atoms with Crippen LogP contribution in [0.4, 0.5) is 0 Å². The smallest absolute Gasteiger partial charge is 0.268 e. The van der Waals surface area contributed by atoms with Crippen LogP contribution in [-0.4, -0.2) is 69.7 Å². The van der Waals surface area contributed by atoms with Crippen molar-refractivity contribution in [3.05, 3.63) is 138 Å². The number of aliphatic hydroxyl groups excluding tert-OH is 1. The van der Waals surface area contributed by atoms with Crippen LogP contribution < -0.4 is 0 Å². The molecule has 1 saturated heterocycles. The second kappa shape index (κ2) is 18.7. The molecule has 1 N–H and O–H groups in total. The zero-order valence-electron chi connectivity index (χ0n) is 33.4. The average Bonchev–Trinajstić information content (AvgIpc) is 3.58. The maximum Gasteiger partial charge on any atom is 0.268 e. The fourth-order valence-electron chi connectivity index (χ4n) is 8.43. The summed E-state index contributed by atoms with van der Waals surface area (Å²) in [6.45, 7) is 14.5. The van der Waals surface area contributed by atoms with Gasteiger partial charge in [-0.25, -0.2) is 12.4 Å². The number of rotatable bonds is 18. The average molecular weight is 800 g/mol. The molecular formula is C45H57NO8SSi. The lowest BCUT2D eigenvalue weighted by molar-refractivity contribution is -0.316. The van der Waals surface area contributed by atoms with E-state index in [1.807, 2.05) is 78.9 Å². The van der Waals surface area contributed by atoms with Crippen molar-refractivity contribution in [2.24, 2.45) is 0 Å². The molecule has 4 aromatic carbocycles. The molecule has 0 amide bonds. The van der Waals surface area contributed by atoms with Crippen molar-refractivity contribution in [1.82, 2.24) is 3.97 Å². The summed E-state index contributed by atoms with van der Waals surface area (Å²) in [6.07, 6.45) is -2.31. The fourth-order valence-corrected chi connectivity index (χ4v) is 15.3. The van der Waals surface area contributed by atoms with Crippen LogP contribution in [-0.2, 0) is 53.0 Å². The monoisotopic (exact) mass is 799 g/mol. The van der Waals surface area contributed by atoms with Crippen LogP contribution in [0.15, 0.2) is 126 Å². The number of nitrogens with zero attached hydrogens (tertiary/aromatic N) is 1. The van der Waals surface area contributed by atoms with Gasteiger partial charge in [-0.2, -0.15) is 0 Å². The maximum absolute atomic E-state index is 13.7. The Labute approximate surface area is 333 Å². The highest BCUT2D eigenvalue weighted by Crippen LogP contribution is 2.43. The van der Waals surface area contributed by atoms with Gasteiger partial charge >= 0.3 is 0 Å². The molecule has 56 heavy (non-hydrogen) atoms. The maximum atomic E-state index is 13.7. The quantitative estimate of drug-likeness (QED) is 0.0877. The number of hydrogen-bond donors (Lipinski definition) is 1. The van der Waals surface area contributed by atoms with Crippen molar-refractivity contribution in [3.8, 4) is 0 Å². The van der Waals surface area contributed by atoms with Crippen LogP contribution in [0.1, 0.15) is 58.2 Å². The SMILES string of the molecule is CC(C)[Si](OC[C@@H]1O[C@H](OCCc2cn(S(=O)(=O)c3ccccc3)c3ccccc23)[C@@H](O)[C@H](OCc2ccccc2)[C@H]1OCc1ccccc1)(C(C)C)C(C)C. The summed E-state index contributed by atoms with van der Waals surface area (Å²) in [7, 11) is -6.17. The Morgan fingerprint density at radius 2 is 1.21 bits per heavy atom. The van der Waals surface area contributed by atoms with Gasteiger partial charge in [-0.3, -0.25) is 0 Å². The molecule has 0 saturated carbocycles. The van der Waals surface area contributed by atoms with Crippen LogP contribution in [0.2, 0.25) is 16.6 Å². The van der Waals surface area contributed by atoms with E-state index in [0.717, 1.165) is 22.1 Å². The van der Waals surface area contributed by atoms with Crippen molar-refractivity contribution in [1.29, 1.82) is 0 Å². The number of aromatic nitrogens is 1. The number of ether oxygens (including phenoxy) is 4. The Kier molecular flexibility index (Phi) is 14.0. The molecule has 0 unspecified atom stereocenters. The minimum Gasteiger partial charge on any atom is -0.413 e. The largest absolute Gasteiger partial charge is 0.413 e. The molecule has 1 aromatic heterocycles. The van der Waals surface area contributed by atoms with Gasteiger partial charge in [0.05, 0.1) is 36.8 Å². The zero-order valence-corrected chi connectivity index (χ0v) is 35.2. The summed E-state index contributed by atoms with van der Waals surface area (Å²) in [5.41, 5.74) is 4.39. The topological polar surface area (TPSA) is 105 Å². The summed E-state index contributed by atoms with van der Waals surface area (Å²) in [4.78, 5) is 0.209. The molecule has 9 nitrogen and oxygen atoms in total. The second-order valence-electron chi connectivity index (χ2n) is 15.6. The lowest BCUT2D eigenvalue weighted by atomic mass is 9.98. The standard InChI is InChI=1S/C45H57NO8SSi/c1-32(2)56(33(3)4,34(5)6)53-31-41-43(51-29-35-18-10-7-11-19-35)44(52-30-36-20-12-8-13-21-36)42(47)45(54-41)50-27-26-37-28-46(40-25-17-16-24-39(37)40)55(48,49)38-22-14-9-15-23-38/h7-25,28,32-34,41-45,47H,26-27,29-31H2,1-6H3/t41-,42-,43-,44-,45-/m0/s1. The van der Waals surface area contributed by atoms with E-state index in [-0.39, 0.29) is 24.7 Å². The first-order chi connectivity index (χ1) is 26.9. The summed E-state index contributed by atoms with van der Waals surface area (Å²) in [5, 5.41) is 12.8. The molecule has 2 heterocycles. The van der Waals surface area contributed by atoms with Gasteiger partial charge in [-0.05, 0) is 57.9 Å². The summed E-state index contributed by atoms with van der Waals surface area (Å²) in [5.74, 6) is 0. The van der Waals surface area contributed by atoms with Crippen molar-refractivity contribution < 1.29 is 36.9 Å². The molecule has 0 spiro atoms. The van der Waals surface area contributed by atoms with Gasteiger partial charge in [0.1, 0.15) is 24.4 Å². The minimum absolute atomic E-state index is 0.151. The van der Waals surface area contributed by atoms with Crippen LogP contribution in [0.25, 0.3) is 10.9 Å². The third-order valence-corrected chi connectivity index (χ3v) is 18.9. The molecule has 0 radical (unpaired) electrons. The molecule has 1 aliphatic rings. The third kappa shape index (κ3) is 9.21. The van der Waals surface area contributed by atoms with Crippen molar-refractivity contribution in [2.45, 2.75) is 113 Å². The summed E-state index contributed by atoms with van der Waals surface area (Å²) < 4.78 is 62.2. The normalized spacial score (nSPS) is 20.7. The first-order valence-electron chi connectivity index (χ1n) is 19.7. The van der Waals surface area contributed by atoms with E-state index >= 15 is 0 Å². The summed E-state index contributed by atoms with van der Waals surface area (Å²) in [6, 6.07) is 35.6. The number of benzene rings is 4. The van der Waals surface area contributed by atoms with Crippen LogP contribution in [0.5, 0.6) is 0 Å². The Morgan fingerprint density at radius 3 is 1.79 bits per heavy atom. The van der Waals surface area contributed by atoms with E-state index < -0.39 is 49.0 Å². The van der Waals surface area contributed by atoms with Crippen molar-refractivity contribution in [2.75, 3.05) is 13.2 Å². The van der Waals surface area contributed by atoms with Crippen LogP contribution in [0.3, 0.4) is 0 Å². The molecule has 5 atom stereocenters. The van der Waals surface area contributed by atoms with Gasteiger partial charge in [0, 0.05) is 11.6 Å². The minimum atomic E-state index is -3.84. The van der Waals surface area contributed by atoms with E-state index in [9.17, 15) is 13.5 Å². The van der Waals surface area contributed by atoms with E-state index in [1.54, 1.807) is 42.6 Å². The van der Waals surface area contributed by atoms with Gasteiger partial charge in [0.25, 0.3) is 10.0 Å². The first-order valence-corrected chi connectivity index (χ1v) is 23.3. The van der Waals surface area contributed by atoms with Gasteiger partial charge in [-0.15, -0.1) is 0 Å². The molecular weight excluding hydrogens is 743 g/mol. The van der Waals surface area contributed by atoms with Crippen LogP contribution >= 0.6 is 0 Å². The van der Waals surface area contributed by atoms with E-state index in [1.165, 1.54) is 3.97 Å². The van der Waals surface area contributed by atoms with Crippen LogP contribution in [0, 0.1) is 0 Å². The second-order valence-corrected chi connectivity index (χ2v) is 22.9. The van der Waals surface area contributed by atoms with E-state index in [4.69, 9.17) is 23.4 Å². The highest BCUT2D eigenvalue weighted by Gasteiger charge is 2.50. The lowest BCUT2D eigenvalue weighted by Gasteiger charge is -2.47. The molecule has 5 aromatic rings. The lowest BCUT2D eigenvalue weighted by Crippen LogP contribution is -2.62. The molecule has 6 rings (SSSR count). The molecule has 0 aliphatic carbocycles. The Balaban J connectivity index is 1.28. The van der Waals surface area contributed by atoms with E-state index in [0.29, 0.717) is 35.2 Å². The zero-order chi connectivity index (χ0) is 39.9. The number of hydrogen-bond acceptors (Lipinski definition) is 8. The van der Waals surface area contributed by atoms with Gasteiger partial charge < -0.3 is 28.5 Å². The molecule has 300 valence electrons. The Morgan fingerprint density at radius 1 is 0.696 bits per heavy atom. The van der Waals surface area contributed by atoms with Gasteiger partial charge in [-0.1, -0.05) is 139 Å². The predicted molar refractivity (Wildman–Crippen MR) is 222 cm³/mol. The first kappa shape index (κ1) is 42.0. The number of para-hydroxylation sites is 1. The van der Waals surface area contributed by atoms with E-state index in [2.05, 4.69) is 41.5 Å².